The van der Waals surface area contributed by atoms with Gasteiger partial charge in [-0.3, -0.25) is 4.79 Å². The van der Waals surface area contributed by atoms with Gasteiger partial charge in [-0.15, -0.1) is 0 Å². The summed E-state index contributed by atoms with van der Waals surface area (Å²) < 4.78 is 18.1. The summed E-state index contributed by atoms with van der Waals surface area (Å²) in [5.74, 6) is -0.0138. The Morgan fingerprint density at radius 2 is 2.00 bits per heavy atom. The maximum atomic E-state index is 13.1. The fourth-order valence-electron chi connectivity index (χ4n) is 2.51. The van der Waals surface area contributed by atoms with Crippen LogP contribution in [0.15, 0.2) is 46.1 Å². The Morgan fingerprint density at radius 3 is 2.62 bits per heavy atom. The van der Waals surface area contributed by atoms with Crippen molar-refractivity contribution in [3.8, 4) is 0 Å². The van der Waals surface area contributed by atoms with Gasteiger partial charge in [0.25, 0.3) is 5.91 Å². The van der Waals surface area contributed by atoms with Gasteiger partial charge in [-0.2, -0.15) is 0 Å². The maximum absolute atomic E-state index is 13.1. The number of nitrogens with zero attached hydrogens (tertiary/aromatic N) is 1. The Hall–Kier alpha value is -3.16. The number of carbonyl (C=O) groups excluding carboxylic acids is 2. The van der Waals surface area contributed by atoms with Crippen molar-refractivity contribution in [1.29, 1.82) is 0 Å². The zero-order chi connectivity index (χ0) is 17.3. The van der Waals surface area contributed by atoms with Gasteiger partial charge in [-0.25, -0.2) is 9.18 Å². The summed E-state index contributed by atoms with van der Waals surface area (Å²) in [4.78, 5) is 24.4. The summed E-state index contributed by atoms with van der Waals surface area (Å²) in [5, 5.41) is 11.6. The molecule has 124 valence electrons. The van der Waals surface area contributed by atoms with Crippen LogP contribution < -0.4 is 16.0 Å². The van der Waals surface area contributed by atoms with Crippen LogP contribution >= 0.6 is 0 Å². The lowest BCUT2D eigenvalue weighted by Gasteiger charge is -2.28. The van der Waals surface area contributed by atoms with E-state index in [9.17, 15) is 14.0 Å². The lowest BCUT2D eigenvalue weighted by atomic mass is 9.95. The average Bonchev–Trinajstić information content (AvgIpc) is 2.92. The van der Waals surface area contributed by atoms with Gasteiger partial charge in [0.15, 0.2) is 5.82 Å². The summed E-state index contributed by atoms with van der Waals surface area (Å²) in [5.41, 5.74) is 1.31. The Morgan fingerprint density at radius 1 is 1.29 bits per heavy atom. The van der Waals surface area contributed by atoms with Gasteiger partial charge >= 0.3 is 6.03 Å². The van der Waals surface area contributed by atoms with Crippen molar-refractivity contribution >= 4 is 17.8 Å². The fourth-order valence-corrected chi connectivity index (χ4v) is 2.51. The number of urea groups is 1. The monoisotopic (exact) mass is 330 g/mol. The molecule has 0 aliphatic carbocycles. The summed E-state index contributed by atoms with van der Waals surface area (Å²) in [6.45, 7) is 3.33. The molecule has 2 heterocycles. The first-order valence-electron chi connectivity index (χ1n) is 7.22. The third-order valence-electron chi connectivity index (χ3n) is 3.59. The molecule has 8 heteroatoms. The van der Waals surface area contributed by atoms with Gasteiger partial charge in [0.1, 0.15) is 11.6 Å². The third kappa shape index (κ3) is 3.12. The number of carbonyl (C=O) groups is 2. The van der Waals surface area contributed by atoms with Crippen LogP contribution in [-0.2, 0) is 4.79 Å². The van der Waals surface area contributed by atoms with Crippen LogP contribution in [0.25, 0.3) is 0 Å². The van der Waals surface area contributed by atoms with Crippen LogP contribution in [0.4, 0.5) is 15.0 Å². The fraction of sp³-hybridized carbons (Fsp3) is 0.188. The van der Waals surface area contributed by atoms with E-state index in [0.717, 1.165) is 0 Å². The van der Waals surface area contributed by atoms with Gasteiger partial charge in [0.05, 0.1) is 11.6 Å². The van der Waals surface area contributed by atoms with E-state index >= 15 is 0 Å². The van der Waals surface area contributed by atoms with Crippen molar-refractivity contribution in [2.75, 3.05) is 5.32 Å². The first kappa shape index (κ1) is 15.7. The SMILES string of the molecule is CC1=C(C(=O)Nc2cc(C)on2)C(c2ccc(F)cc2)NC(=O)N1. The van der Waals surface area contributed by atoms with Crippen molar-refractivity contribution in [2.45, 2.75) is 19.9 Å². The molecule has 3 rings (SSSR count). The highest BCUT2D eigenvalue weighted by Gasteiger charge is 2.31. The number of rotatable bonds is 3. The summed E-state index contributed by atoms with van der Waals surface area (Å²) in [7, 11) is 0. The van der Waals surface area contributed by atoms with Crippen molar-refractivity contribution in [3.63, 3.8) is 0 Å². The number of nitrogens with one attached hydrogen (secondary N) is 3. The molecule has 1 aliphatic rings. The van der Waals surface area contributed by atoms with Gasteiger partial charge in [-0.05, 0) is 31.5 Å². The number of benzene rings is 1. The van der Waals surface area contributed by atoms with Crippen molar-refractivity contribution in [1.82, 2.24) is 15.8 Å². The molecule has 0 radical (unpaired) electrons. The second-order valence-corrected chi connectivity index (χ2v) is 5.40. The molecular formula is C16H15FN4O3. The predicted molar refractivity (Wildman–Crippen MR) is 83.4 cm³/mol. The maximum Gasteiger partial charge on any atom is 0.319 e. The van der Waals surface area contributed by atoms with Crippen LogP contribution in [0.5, 0.6) is 0 Å². The Bertz CT molecular complexity index is 826. The molecule has 3 N–H and O–H groups in total. The molecule has 3 amide bonds. The van der Waals surface area contributed by atoms with Gasteiger partial charge in [-0.1, -0.05) is 17.3 Å². The minimum atomic E-state index is -0.702. The number of hydrogen-bond acceptors (Lipinski definition) is 4. The molecule has 1 aromatic heterocycles. The van der Waals surface area contributed by atoms with Crippen LogP contribution in [0.3, 0.4) is 0 Å². The van der Waals surface area contributed by atoms with E-state index in [2.05, 4.69) is 21.1 Å². The first-order chi connectivity index (χ1) is 11.4. The minimum Gasteiger partial charge on any atom is -0.360 e. The lowest BCUT2D eigenvalue weighted by Crippen LogP contribution is -2.46. The highest BCUT2D eigenvalue weighted by Crippen LogP contribution is 2.27. The second kappa shape index (κ2) is 6.15. The van der Waals surface area contributed by atoms with Gasteiger partial charge < -0.3 is 20.5 Å². The van der Waals surface area contributed by atoms with E-state index < -0.39 is 23.8 Å². The normalized spacial score (nSPS) is 17.3. The molecule has 1 aliphatic heterocycles. The first-order valence-corrected chi connectivity index (χ1v) is 7.22. The number of aryl methyl sites for hydroxylation is 1. The quantitative estimate of drug-likeness (QED) is 0.805. The van der Waals surface area contributed by atoms with E-state index in [-0.39, 0.29) is 5.82 Å². The molecule has 0 bridgehead atoms. The molecule has 2 aromatic rings. The number of amides is 3. The predicted octanol–water partition coefficient (Wildman–Crippen LogP) is 2.39. The summed E-state index contributed by atoms with van der Waals surface area (Å²) in [6.07, 6.45) is 0. The molecule has 1 aromatic carbocycles. The molecule has 24 heavy (non-hydrogen) atoms. The third-order valence-corrected chi connectivity index (χ3v) is 3.59. The highest BCUT2D eigenvalue weighted by atomic mass is 19.1. The van der Waals surface area contributed by atoms with E-state index in [1.807, 2.05) is 0 Å². The van der Waals surface area contributed by atoms with E-state index in [1.54, 1.807) is 19.9 Å². The van der Waals surface area contributed by atoms with Crippen LogP contribution in [0, 0.1) is 12.7 Å². The highest BCUT2D eigenvalue weighted by molar-refractivity contribution is 6.06. The molecule has 1 atom stereocenters. The summed E-state index contributed by atoms with van der Waals surface area (Å²) >= 11 is 0. The van der Waals surface area contributed by atoms with E-state index in [0.29, 0.717) is 22.6 Å². The van der Waals surface area contributed by atoms with Crippen LogP contribution in [0.2, 0.25) is 0 Å². The van der Waals surface area contributed by atoms with E-state index in [4.69, 9.17) is 4.52 Å². The number of aromatic nitrogens is 1. The largest absolute Gasteiger partial charge is 0.360 e. The molecule has 7 nitrogen and oxygen atoms in total. The Kier molecular flexibility index (Phi) is 4.03. The van der Waals surface area contributed by atoms with Gasteiger partial charge in [0, 0.05) is 11.8 Å². The molecule has 0 fully saturated rings. The number of hydrogen-bond donors (Lipinski definition) is 3. The smallest absolute Gasteiger partial charge is 0.319 e. The second-order valence-electron chi connectivity index (χ2n) is 5.40. The van der Waals surface area contributed by atoms with Crippen molar-refractivity contribution < 1.29 is 18.5 Å². The Labute approximate surface area is 136 Å². The molecule has 1 unspecified atom stereocenters. The number of allylic oxidation sites excluding steroid dienone is 1. The topological polar surface area (TPSA) is 96.3 Å². The van der Waals surface area contributed by atoms with E-state index in [1.165, 1.54) is 24.3 Å². The van der Waals surface area contributed by atoms with Gasteiger partial charge in [0.2, 0.25) is 0 Å². The zero-order valence-electron chi connectivity index (χ0n) is 13.0. The van der Waals surface area contributed by atoms with Crippen LogP contribution in [0.1, 0.15) is 24.3 Å². The lowest BCUT2D eigenvalue weighted by molar-refractivity contribution is -0.113. The number of halogens is 1. The Balaban J connectivity index is 1.94. The standard InChI is InChI=1S/C16H15FN4O3/c1-8-7-12(21-24-8)19-15(22)13-9(2)18-16(23)20-14(13)10-3-5-11(17)6-4-10/h3-7,14H,1-2H3,(H2,18,20,23)(H,19,21,22). The number of anilines is 1. The molecule has 0 saturated heterocycles. The zero-order valence-corrected chi connectivity index (χ0v) is 13.0. The minimum absolute atomic E-state index is 0.271. The average molecular weight is 330 g/mol. The van der Waals surface area contributed by atoms with Crippen molar-refractivity contribution in [3.05, 3.63) is 58.7 Å². The van der Waals surface area contributed by atoms with Crippen LogP contribution in [-0.4, -0.2) is 17.1 Å². The summed E-state index contributed by atoms with van der Waals surface area (Å²) in [6, 6.07) is 6.03. The molecule has 0 saturated carbocycles. The molecule has 0 spiro atoms. The van der Waals surface area contributed by atoms with Crippen molar-refractivity contribution in [2.24, 2.45) is 0 Å². The molecular weight excluding hydrogens is 315 g/mol.